The van der Waals surface area contributed by atoms with Crippen LogP contribution in [0.4, 0.5) is 0 Å². The number of carbonyl (C=O) groups excluding carboxylic acids is 1. The van der Waals surface area contributed by atoms with Crippen molar-refractivity contribution in [3.05, 3.63) is 0 Å². The lowest BCUT2D eigenvalue weighted by molar-refractivity contribution is -0.118. The second kappa shape index (κ2) is 6.12. The summed E-state index contributed by atoms with van der Waals surface area (Å²) in [5.41, 5.74) is 5.00. The lowest BCUT2D eigenvalue weighted by Crippen LogP contribution is -2.32. The number of likely N-dealkylation sites (N-methyl/N-ethyl adjacent to an activating group) is 1. The molecule has 0 aliphatic rings. The number of amides is 1. The second-order valence-corrected chi connectivity index (χ2v) is 2.66. The Morgan fingerprint density at radius 3 is 2.73 bits per heavy atom. The minimum Gasteiger partial charge on any atom is -0.369 e. The normalized spacial score (nSPS) is 10.5. The van der Waals surface area contributed by atoms with Crippen molar-refractivity contribution in [1.82, 2.24) is 10.2 Å². The van der Waals surface area contributed by atoms with Crippen LogP contribution in [0.3, 0.4) is 0 Å². The second-order valence-electron chi connectivity index (χ2n) is 2.66. The average Bonchev–Trinajstić information content (AvgIpc) is 1.86. The van der Waals surface area contributed by atoms with Gasteiger partial charge in [0.25, 0.3) is 0 Å². The number of hydrogen-bond donors (Lipinski definition) is 2. The first-order valence-electron chi connectivity index (χ1n) is 3.78. The van der Waals surface area contributed by atoms with Crippen LogP contribution < -0.4 is 11.1 Å². The summed E-state index contributed by atoms with van der Waals surface area (Å²) in [6.45, 7) is 2.23. The van der Waals surface area contributed by atoms with E-state index in [0.29, 0.717) is 6.54 Å². The highest BCUT2D eigenvalue weighted by Crippen LogP contribution is 1.84. The predicted molar refractivity (Wildman–Crippen MR) is 45.2 cm³/mol. The highest BCUT2D eigenvalue weighted by atomic mass is 16.1. The SMILES string of the molecule is CNCCCN(C)CC(N)=O. The Balaban J connectivity index is 3.22. The van der Waals surface area contributed by atoms with Gasteiger partial charge >= 0.3 is 0 Å². The van der Waals surface area contributed by atoms with E-state index in [2.05, 4.69) is 5.32 Å². The minimum absolute atomic E-state index is 0.267. The monoisotopic (exact) mass is 159 g/mol. The molecule has 0 atom stereocenters. The zero-order valence-corrected chi connectivity index (χ0v) is 7.26. The van der Waals surface area contributed by atoms with E-state index in [0.717, 1.165) is 19.5 Å². The van der Waals surface area contributed by atoms with Crippen LogP contribution in [0, 0.1) is 0 Å². The number of hydrogen-bond acceptors (Lipinski definition) is 3. The first kappa shape index (κ1) is 10.4. The number of carbonyl (C=O) groups is 1. The maximum absolute atomic E-state index is 10.4. The smallest absolute Gasteiger partial charge is 0.231 e. The molecule has 0 radical (unpaired) electrons. The quantitative estimate of drug-likeness (QED) is 0.489. The van der Waals surface area contributed by atoms with Gasteiger partial charge in [0.05, 0.1) is 6.54 Å². The minimum atomic E-state index is -0.267. The Kier molecular flexibility index (Phi) is 5.78. The zero-order chi connectivity index (χ0) is 8.69. The third-order valence-electron chi connectivity index (χ3n) is 1.39. The topological polar surface area (TPSA) is 58.4 Å². The summed E-state index contributed by atoms with van der Waals surface area (Å²) in [5.74, 6) is -0.267. The number of primary amides is 1. The summed E-state index contributed by atoms with van der Waals surface area (Å²) in [7, 11) is 3.80. The Hall–Kier alpha value is -0.610. The van der Waals surface area contributed by atoms with Crippen molar-refractivity contribution >= 4 is 5.91 Å². The van der Waals surface area contributed by atoms with Crippen molar-refractivity contribution < 1.29 is 4.79 Å². The van der Waals surface area contributed by atoms with Crippen LogP contribution in [-0.2, 0) is 4.79 Å². The van der Waals surface area contributed by atoms with E-state index in [1.165, 1.54) is 0 Å². The molecule has 0 fully saturated rings. The molecule has 0 heterocycles. The van der Waals surface area contributed by atoms with E-state index in [1.54, 1.807) is 0 Å². The molecule has 0 unspecified atom stereocenters. The molecule has 4 nitrogen and oxygen atoms in total. The van der Waals surface area contributed by atoms with Gasteiger partial charge in [-0.15, -0.1) is 0 Å². The highest BCUT2D eigenvalue weighted by molar-refractivity contribution is 5.75. The van der Waals surface area contributed by atoms with Gasteiger partial charge in [0.15, 0.2) is 0 Å². The molecule has 0 rings (SSSR count). The maximum Gasteiger partial charge on any atom is 0.231 e. The third kappa shape index (κ3) is 7.29. The van der Waals surface area contributed by atoms with Gasteiger partial charge in [0.1, 0.15) is 0 Å². The number of rotatable bonds is 6. The van der Waals surface area contributed by atoms with Crippen LogP contribution in [-0.4, -0.2) is 44.5 Å². The van der Waals surface area contributed by atoms with Crippen LogP contribution in [0.1, 0.15) is 6.42 Å². The van der Waals surface area contributed by atoms with Gasteiger partial charge in [-0.05, 0) is 33.6 Å². The molecular formula is C7H17N3O. The highest BCUT2D eigenvalue weighted by Gasteiger charge is 2.00. The van der Waals surface area contributed by atoms with E-state index in [-0.39, 0.29) is 5.91 Å². The fraction of sp³-hybridized carbons (Fsp3) is 0.857. The molecule has 0 saturated carbocycles. The van der Waals surface area contributed by atoms with E-state index >= 15 is 0 Å². The molecule has 1 amide bonds. The molecule has 11 heavy (non-hydrogen) atoms. The summed E-state index contributed by atoms with van der Waals surface area (Å²) < 4.78 is 0. The van der Waals surface area contributed by atoms with E-state index in [4.69, 9.17) is 5.73 Å². The Bertz CT molecular complexity index is 116. The molecule has 3 N–H and O–H groups in total. The lowest BCUT2D eigenvalue weighted by Gasteiger charge is -2.13. The third-order valence-corrected chi connectivity index (χ3v) is 1.39. The van der Waals surface area contributed by atoms with E-state index in [9.17, 15) is 4.79 Å². The molecule has 0 aromatic heterocycles. The molecule has 0 aromatic carbocycles. The molecule has 0 saturated heterocycles. The van der Waals surface area contributed by atoms with Gasteiger partial charge in [0.2, 0.25) is 5.91 Å². The molecule has 0 aromatic rings. The first-order valence-corrected chi connectivity index (χ1v) is 3.78. The number of nitrogens with two attached hydrogens (primary N) is 1. The fourth-order valence-electron chi connectivity index (χ4n) is 0.871. The molecule has 0 spiro atoms. The van der Waals surface area contributed by atoms with Crippen LogP contribution in [0.15, 0.2) is 0 Å². The molecule has 0 bridgehead atoms. The Labute approximate surface area is 67.7 Å². The lowest BCUT2D eigenvalue weighted by atomic mass is 10.4. The molecule has 0 aliphatic carbocycles. The van der Waals surface area contributed by atoms with Crippen molar-refractivity contribution in [1.29, 1.82) is 0 Å². The first-order chi connectivity index (χ1) is 5.16. The van der Waals surface area contributed by atoms with Crippen molar-refractivity contribution in [3.63, 3.8) is 0 Å². The molecule has 66 valence electrons. The summed E-state index contributed by atoms with van der Waals surface area (Å²) in [5, 5.41) is 3.03. The molecule has 4 heteroatoms. The maximum atomic E-state index is 10.4. The summed E-state index contributed by atoms with van der Waals surface area (Å²) >= 11 is 0. The summed E-state index contributed by atoms with van der Waals surface area (Å²) in [6, 6.07) is 0. The largest absolute Gasteiger partial charge is 0.369 e. The predicted octanol–water partition coefficient (Wildman–Crippen LogP) is -0.987. The van der Waals surface area contributed by atoms with Gasteiger partial charge in [-0.25, -0.2) is 0 Å². The molecular weight excluding hydrogens is 142 g/mol. The average molecular weight is 159 g/mol. The van der Waals surface area contributed by atoms with Crippen molar-refractivity contribution in [3.8, 4) is 0 Å². The van der Waals surface area contributed by atoms with Crippen LogP contribution in [0.2, 0.25) is 0 Å². The number of nitrogens with one attached hydrogen (secondary N) is 1. The van der Waals surface area contributed by atoms with Gasteiger partial charge in [-0.2, -0.15) is 0 Å². The van der Waals surface area contributed by atoms with Crippen molar-refractivity contribution in [2.24, 2.45) is 5.73 Å². The van der Waals surface area contributed by atoms with Gasteiger partial charge in [0, 0.05) is 0 Å². The summed E-state index contributed by atoms with van der Waals surface area (Å²) in [6.07, 6.45) is 1.04. The Morgan fingerprint density at radius 1 is 1.64 bits per heavy atom. The molecule has 0 aliphatic heterocycles. The van der Waals surface area contributed by atoms with Gasteiger partial charge in [-0.1, -0.05) is 0 Å². The van der Waals surface area contributed by atoms with Gasteiger partial charge < -0.3 is 11.1 Å². The van der Waals surface area contributed by atoms with Crippen molar-refractivity contribution in [2.75, 3.05) is 33.7 Å². The van der Waals surface area contributed by atoms with Gasteiger partial charge in [-0.3, -0.25) is 9.69 Å². The standard InChI is InChI=1S/C7H17N3O/c1-9-4-3-5-10(2)6-7(8)11/h9H,3-6H2,1-2H3,(H2,8,11). The Morgan fingerprint density at radius 2 is 2.27 bits per heavy atom. The van der Waals surface area contributed by atoms with E-state index < -0.39 is 0 Å². The zero-order valence-electron chi connectivity index (χ0n) is 7.26. The van der Waals surface area contributed by atoms with Crippen LogP contribution >= 0.6 is 0 Å². The fourth-order valence-corrected chi connectivity index (χ4v) is 0.871. The van der Waals surface area contributed by atoms with Crippen molar-refractivity contribution in [2.45, 2.75) is 6.42 Å². The van der Waals surface area contributed by atoms with Crippen LogP contribution in [0.5, 0.6) is 0 Å². The summed E-state index contributed by atoms with van der Waals surface area (Å²) in [4.78, 5) is 12.3. The van der Waals surface area contributed by atoms with Crippen LogP contribution in [0.25, 0.3) is 0 Å². The van der Waals surface area contributed by atoms with E-state index in [1.807, 2.05) is 19.0 Å². The number of nitrogens with zero attached hydrogens (tertiary/aromatic N) is 1.